The van der Waals surface area contributed by atoms with Crippen molar-refractivity contribution in [2.45, 2.75) is 44.9 Å². The molecule has 0 atom stereocenters. The lowest BCUT2D eigenvalue weighted by atomic mass is 10.0. The smallest absolute Gasteiger partial charge is 0.475 e. The zero-order valence-electron chi connectivity index (χ0n) is 20.1. The number of rotatable bonds is 3. The minimum atomic E-state index is -5.08. The Morgan fingerprint density at radius 3 is 2.15 bits per heavy atom. The first-order chi connectivity index (χ1) is 15.8. The van der Waals surface area contributed by atoms with Crippen molar-refractivity contribution in [2.24, 2.45) is 7.05 Å². The van der Waals surface area contributed by atoms with E-state index in [1.807, 2.05) is 11.9 Å². The molecule has 0 bridgehead atoms. The number of alkyl halides is 3. The van der Waals surface area contributed by atoms with Gasteiger partial charge in [0.1, 0.15) is 5.69 Å². The van der Waals surface area contributed by atoms with Crippen LogP contribution in [0.4, 0.5) is 13.2 Å². The van der Waals surface area contributed by atoms with Gasteiger partial charge in [-0.25, -0.2) is 4.79 Å². The van der Waals surface area contributed by atoms with Crippen LogP contribution in [0.15, 0.2) is 30.3 Å². The van der Waals surface area contributed by atoms with Crippen LogP contribution >= 0.6 is 0 Å². The molecule has 10 heteroatoms. The number of aromatic nitrogens is 2. The molecule has 1 aliphatic rings. The van der Waals surface area contributed by atoms with Gasteiger partial charge in [-0.05, 0) is 52.9 Å². The molecule has 1 aliphatic heterocycles. The van der Waals surface area contributed by atoms with E-state index in [1.54, 1.807) is 0 Å². The highest BCUT2D eigenvalue weighted by Gasteiger charge is 2.38. The first-order valence-electron chi connectivity index (χ1n) is 11.2. The molecule has 4 rings (SSSR count). The Kier molecular flexibility index (Phi) is 7.30. The lowest BCUT2D eigenvalue weighted by Crippen LogP contribution is -2.44. The fraction of sp³-hybridized carbons (Fsp3) is 0.500. The molecule has 1 amide bonds. The summed E-state index contributed by atoms with van der Waals surface area (Å²) in [5.41, 5.74) is 4.34. The molecule has 0 unspecified atom stereocenters. The van der Waals surface area contributed by atoms with Crippen LogP contribution in [-0.4, -0.2) is 75.3 Å². The van der Waals surface area contributed by atoms with Gasteiger partial charge in [0.05, 0.1) is 16.6 Å². The van der Waals surface area contributed by atoms with Crippen LogP contribution in [-0.2, 0) is 11.8 Å². The molecule has 1 fully saturated rings. The lowest BCUT2D eigenvalue weighted by molar-refractivity contribution is -0.192. The minimum absolute atomic E-state index is 0.158. The molecule has 186 valence electrons. The maximum absolute atomic E-state index is 13.3. The maximum Gasteiger partial charge on any atom is 0.490 e. The number of benzene rings is 1. The van der Waals surface area contributed by atoms with Crippen molar-refractivity contribution in [1.29, 1.82) is 0 Å². The van der Waals surface area contributed by atoms with Crippen LogP contribution in [0.1, 0.15) is 43.2 Å². The number of carbonyl (C=O) groups excluding carboxylic acids is 1. The van der Waals surface area contributed by atoms with Crippen LogP contribution in [0.2, 0.25) is 0 Å². The average molecular weight is 481 g/mol. The largest absolute Gasteiger partial charge is 0.490 e. The van der Waals surface area contributed by atoms with E-state index >= 15 is 0 Å². The minimum Gasteiger partial charge on any atom is -0.475 e. The van der Waals surface area contributed by atoms with E-state index in [0.717, 1.165) is 42.7 Å². The Hall–Kier alpha value is -3.01. The fourth-order valence-corrected chi connectivity index (χ4v) is 4.61. The molecule has 0 radical (unpaired) electrons. The number of fused-ring (bicyclic) bond motifs is 3. The molecule has 1 N–H and O–H groups in total. The highest BCUT2D eigenvalue weighted by atomic mass is 19.4. The predicted octanol–water partition coefficient (Wildman–Crippen LogP) is 4.51. The summed E-state index contributed by atoms with van der Waals surface area (Å²) >= 11 is 0. The van der Waals surface area contributed by atoms with Crippen molar-refractivity contribution in [2.75, 3.05) is 27.2 Å². The number of hydrogen-bond acceptors (Lipinski definition) is 3. The first kappa shape index (κ1) is 25.6. The number of nitrogens with zero attached hydrogens (tertiary/aromatic N) is 4. The van der Waals surface area contributed by atoms with Gasteiger partial charge in [0.2, 0.25) is 0 Å². The van der Waals surface area contributed by atoms with Crippen molar-refractivity contribution >= 4 is 33.8 Å². The third kappa shape index (κ3) is 4.91. The second kappa shape index (κ2) is 9.69. The third-order valence-electron chi connectivity index (χ3n) is 6.35. The van der Waals surface area contributed by atoms with Gasteiger partial charge < -0.3 is 24.0 Å². The van der Waals surface area contributed by atoms with Gasteiger partial charge in [0.25, 0.3) is 5.91 Å². The summed E-state index contributed by atoms with van der Waals surface area (Å²) in [4.78, 5) is 26.5. The van der Waals surface area contributed by atoms with E-state index in [4.69, 9.17) is 9.90 Å². The van der Waals surface area contributed by atoms with E-state index in [9.17, 15) is 18.0 Å². The predicted molar refractivity (Wildman–Crippen MR) is 125 cm³/mol. The average Bonchev–Trinajstić information content (AvgIpc) is 3.27. The van der Waals surface area contributed by atoms with Crippen molar-refractivity contribution in [1.82, 2.24) is 18.9 Å². The Balaban J connectivity index is 0.000000406. The first-order valence-corrected chi connectivity index (χ1v) is 11.2. The lowest BCUT2D eigenvalue weighted by Gasteiger charge is -2.35. The number of para-hydroxylation sites is 1. The number of halogens is 3. The van der Waals surface area contributed by atoms with Crippen molar-refractivity contribution in [3.8, 4) is 0 Å². The number of aliphatic carboxylic acids is 1. The van der Waals surface area contributed by atoms with Gasteiger partial charge in [-0.3, -0.25) is 4.79 Å². The molecule has 3 aromatic rings. The maximum atomic E-state index is 13.3. The molecule has 7 nitrogen and oxygen atoms in total. The van der Waals surface area contributed by atoms with Crippen LogP contribution in [0, 0.1) is 0 Å². The van der Waals surface area contributed by atoms with Gasteiger partial charge >= 0.3 is 12.1 Å². The summed E-state index contributed by atoms with van der Waals surface area (Å²) in [6.07, 6.45) is -2.99. The highest BCUT2D eigenvalue weighted by Crippen LogP contribution is 2.34. The molecule has 1 saturated heterocycles. The summed E-state index contributed by atoms with van der Waals surface area (Å²) in [7, 11) is 6.28. The van der Waals surface area contributed by atoms with Gasteiger partial charge in [-0.1, -0.05) is 18.2 Å². The highest BCUT2D eigenvalue weighted by molar-refractivity contribution is 6.10. The SMILES string of the molecule is CC(C)n1c2ccccc2c2c1cc(C(=O)N1CCC(N(C)C)CC1)n2C.O=C(O)C(F)(F)F. The second-order valence-electron chi connectivity index (χ2n) is 9.09. The summed E-state index contributed by atoms with van der Waals surface area (Å²) in [6, 6.07) is 11.5. The third-order valence-corrected chi connectivity index (χ3v) is 6.35. The standard InChI is InChI=1S/C22H30N4O.C2HF3O2/c1-15(2)26-18-9-7-6-8-17(18)21-19(26)14-20(24(21)5)22(27)25-12-10-16(11-13-25)23(3)4;3-2(4,5)1(6)7/h6-9,14-16H,10-13H2,1-5H3;(H,6,7). The number of hydrogen-bond donors (Lipinski definition) is 1. The molecule has 34 heavy (non-hydrogen) atoms. The van der Waals surface area contributed by atoms with Crippen LogP contribution in [0.5, 0.6) is 0 Å². The zero-order valence-corrected chi connectivity index (χ0v) is 20.1. The Bertz CT molecular complexity index is 1190. The number of likely N-dealkylation sites (tertiary alicyclic amines) is 1. The Morgan fingerprint density at radius 2 is 1.65 bits per heavy atom. The van der Waals surface area contributed by atoms with Gasteiger partial charge in [0, 0.05) is 37.6 Å². The molecule has 1 aromatic carbocycles. The number of piperidine rings is 1. The van der Waals surface area contributed by atoms with Crippen molar-refractivity contribution < 1.29 is 27.9 Å². The molecule has 2 aromatic heterocycles. The van der Waals surface area contributed by atoms with Crippen molar-refractivity contribution in [3.63, 3.8) is 0 Å². The van der Waals surface area contributed by atoms with E-state index < -0.39 is 12.1 Å². The zero-order chi connectivity index (χ0) is 25.4. The number of carboxylic acid groups (broad SMARTS) is 1. The van der Waals surface area contributed by atoms with Gasteiger partial charge in [-0.2, -0.15) is 13.2 Å². The molecular weight excluding hydrogens is 449 g/mol. The van der Waals surface area contributed by atoms with E-state index in [2.05, 4.69) is 72.3 Å². The number of carboxylic acids is 1. The Labute approximate surface area is 196 Å². The number of carbonyl (C=O) groups is 2. The molecule has 3 heterocycles. The second-order valence-corrected chi connectivity index (χ2v) is 9.09. The summed E-state index contributed by atoms with van der Waals surface area (Å²) in [5, 5.41) is 8.34. The number of aryl methyl sites for hydroxylation is 1. The molecule has 0 spiro atoms. The molecular formula is C24H31F3N4O3. The normalized spacial score (nSPS) is 15.3. The van der Waals surface area contributed by atoms with Gasteiger partial charge in [0.15, 0.2) is 0 Å². The summed E-state index contributed by atoms with van der Waals surface area (Å²) in [6.45, 7) is 6.07. The van der Waals surface area contributed by atoms with Crippen molar-refractivity contribution in [3.05, 3.63) is 36.0 Å². The van der Waals surface area contributed by atoms with E-state index in [0.29, 0.717) is 12.1 Å². The fourth-order valence-electron chi connectivity index (χ4n) is 4.61. The van der Waals surface area contributed by atoms with Gasteiger partial charge in [-0.15, -0.1) is 0 Å². The van der Waals surface area contributed by atoms with Crippen LogP contribution in [0.3, 0.4) is 0 Å². The topological polar surface area (TPSA) is 70.7 Å². The Morgan fingerprint density at radius 1 is 1.09 bits per heavy atom. The summed E-state index contributed by atoms with van der Waals surface area (Å²) in [5.74, 6) is -2.60. The van der Waals surface area contributed by atoms with Crippen LogP contribution in [0.25, 0.3) is 21.9 Å². The molecule has 0 saturated carbocycles. The van der Waals surface area contributed by atoms with E-state index in [-0.39, 0.29) is 5.91 Å². The number of amides is 1. The monoisotopic (exact) mass is 480 g/mol. The quantitative estimate of drug-likeness (QED) is 0.599. The molecule has 0 aliphatic carbocycles. The van der Waals surface area contributed by atoms with E-state index in [1.165, 1.54) is 10.9 Å². The summed E-state index contributed by atoms with van der Waals surface area (Å²) < 4.78 is 36.2. The van der Waals surface area contributed by atoms with Crippen LogP contribution < -0.4 is 0 Å².